The Hall–Kier alpha value is -4.21. The summed E-state index contributed by atoms with van der Waals surface area (Å²) >= 11 is 0. The molecule has 1 saturated heterocycles. The molecule has 1 fully saturated rings. The molecule has 0 unspecified atom stereocenters. The van der Waals surface area contributed by atoms with Crippen LogP contribution in [0.15, 0.2) is 48.7 Å². The second-order valence-corrected chi connectivity index (χ2v) is 8.44. The van der Waals surface area contributed by atoms with Crippen LogP contribution in [0.25, 0.3) is 27.9 Å². The number of halogens is 1. The summed E-state index contributed by atoms with van der Waals surface area (Å²) in [6, 6.07) is 11.5. The van der Waals surface area contributed by atoms with Gasteiger partial charge in [0.15, 0.2) is 11.5 Å². The van der Waals surface area contributed by atoms with Crippen LogP contribution in [0, 0.1) is 5.82 Å². The van der Waals surface area contributed by atoms with Crippen LogP contribution >= 0.6 is 0 Å². The molecular weight excluding hydrogens is 449 g/mol. The van der Waals surface area contributed by atoms with Gasteiger partial charge in [0.05, 0.1) is 22.9 Å². The summed E-state index contributed by atoms with van der Waals surface area (Å²) in [6.45, 7) is 2.15. The lowest BCUT2D eigenvalue weighted by molar-refractivity contribution is -0.127. The number of fused-ring (bicyclic) bond motifs is 3. The van der Waals surface area contributed by atoms with Crippen molar-refractivity contribution in [3.63, 3.8) is 0 Å². The molecule has 0 atom stereocenters. The van der Waals surface area contributed by atoms with Crippen molar-refractivity contribution in [3.05, 3.63) is 54.5 Å². The maximum atomic E-state index is 14.2. The number of aromatic nitrogens is 3. The SMILES string of the molecule is CNC(=O)Nc1ccc(-c2cnc3c(NCCCN4CCCC4=O)nc4ccc(F)cc4n23)cc1. The first-order valence-corrected chi connectivity index (χ1v) is 11.6. The number of nitrogens with one attached hydrogen (secondary N) is 3. The van der Waals surface area contributed by atoms with Crippen molar-refractivity contribution in [1.82, 2.24) is 24.6 Å². The molecule has 35 heavy (non-hydrogen) atoms. The highest BCUT2D eigenvalue weighted by Gasteiger charge is 2.19. The quantitative estimate of drug-likeness (QED) is 0.352. The lowest BCUT2D eigenvalue weighted by Gasteiger charge is -2.16. The van der Waals surface area contributed by atoms with Gasteiger partial charge in [0, 0.05) is 50.4 Å². The molecule has 0 radical (unpaired) electrons. The van der Waals surface area contributed by atoms with E-state index in [2.05, 4.69) is 20.9 Å². The summed E-state index contributed by atoms with van der Waals surface area (Å²) in [7, 11) is 1.55. The lowest BCUT2D eigenvalue weighted by Crippen LogP contribution is -2.27. The maximum Gasteiger partial charge on any atom is 0.318 e. The number of hydrogen-bond acceptors (Lipinski definition) is 5. The van der Waals surface area contributed by atoms with Gasteiger partial charge in [0.25, 0.3) is 0 Å². The van der Waals surface area contributed by atoms with Crippen molar-refractivity contribution >= 4 is 40.1 Å². The van der Waals surface area contributed by atoms with Gasteiger partial charge in [-0.3, -0.25) is 9.20 Å². The molecule has 1 aliphatic rings. The highest BCUT2D eigenvalue weighted by atomic mass is 19.1. The van der Waals surface area contributed by atoms with E-state index in [1.807, 2.05) is 21.4 Å². The third-order valence-electron chi connectivity index (χ3n) is 6.12. The minimum Gasteiger partial charge on any atom is -0.367 e. The van der Waals surface area contributed by atoms with Crippen molar-refractivity contribution in [2.45, 2.75) is 19.3 Å². The molecule has 3 amide bonds. The van der Waals surface area contributed by atoms with E-state index in [1.165, 1.54) is 12.1 Å². The fourth-order valence-corrected chi connectivity index (χ4v) is 4.36. The zero-order valence-corrected chi connectivity index (χ0v) is 19.3. The van der Waals surface area contributed by atoms with Crippen molar-refractivity contribution in [1.29, 1.82) is 0 Å². The van der Waals surface area contributed by atoms with Gasteiger partial charge < -0.3 is 20.9 Å². The molecule has 9 nitrogen and oxygen atoms in total. The van der Waals surface area contributed by atoms with Crippen molar-refractivity contribution in [2.24, 2.45) is 0 Å². The first kappa shape index (κ1) is 22.6. The molecule has 5 rings (SSSR count). The number of benzene rings is 2. The zero-order chi connectivity index (χ0) is 24.4. The first-order chi connectivity index (χ1) is 17.0. The molecule has 4 aromatic rings. The molecular formula is C25H26FN7O2. The van der Waals surface area contributed by atoms with Crippen LogP contribution in [0.4, 0.5) is 20.7 Å². The number of rotatable bonds is 7. The number of anilines is 2. The van der Waals surface area contributed by atoms with Gasteiger partial charge in [-0.15, -0.1) is 0 Å². The summed E-state index contributed by atoms with van der Waals surface area (Å²) in [5.41, 5.74) is 4.10. The normalized spacial score (nSPS) is 13.5. The fourth-order valence-electron chi connectivity index (χ4n) is 4.36. The van der Waals surface area contributed by atoms with Crippen molar-refractivity contribution in [2.75, 3.05) is 37.3 Å². The molecule has 10 heteroatoms. The molecule has 0 spiro atoms. The third-order valence-corrected chi connectivity index (χ3v) is 6.12. The summed E-state index contributed by atoms with van der Waals surface area (Å²) < 4.78 is 16.1. The summed E-state index contributed by atoms with van der Waals surface area (Å²) in [4.78, 5) is 34.6. The smallest absolute Gasteiger partial charge is 0.318 e. The molecule has 0 aliphatic carbocycles. The monoisotopic (exact) mass is 475 g/mol. The van der Waals surface area contributed by atoms with Gasteiger partial charge in [-0.25, -0.2) is 19.2 Å². The molecule has 3 N–H and O–H groups in total. The molecule has 0 saturated carbocycles. The molecule has 0 bridgehead atoms. The maximum absolute atomic E-state index is 14.2. The number of carbonyl (C=O) groups excluding carboxylic acids is 2. The lowest BCUT2D eigenvalue weighted by atomic mass is 10.1. The van der Waals surface area contributed by atoms with Gasteiger partial charge in [0.2, 0.25) is 5.91 Å². The predicted molar refractivity (Wildman–Crippen MR) is 133 cm³/mol. The van der Waals surface area contributed by atoms with E-state index in [0.29, 0.717) is 47.7 Å². The van der Waals surface area contributed by atoms with Crippen LogP contribution in [0.1, 0.15) is 19.3 Å². The summed E-state index contributed by atoms with van der Waals surface area (Å²) in [5.74, 6) is 0.454. The van der Waals surface area contributed by atoms with Crippen molar-refractivity contribution in [3.8, 4) is 11.3 Å². The van der Waals surface area contributed by atoms with E-state index in [-0.39, 0.29) is 17.8 Å². The second kappa shape index (κ2) is 9.57. The van der Waals surface area contributed by atoms with Crippen LogP contribution < -0.4 is 16.0 Å². The third kappa shape index (κ3) is 4.59. The average Bonchev–Trinajstić information content (AvgIpc) is 3.49. The number of likely N-dealkylation sites (tertiary alicyclic amines) is 1. The zero-order valence-electron chi connectivity index (χ0n) is 19.3. The van der Waals surface area contributed by atoms with E-state index in [1.54, 1.807) is 31.4 Å². The summed E-state index contributed by atoms with van der Waals surface area (Å²) in [5, 5.41) is 8.60. The van der Waals surface area contributed by atoms with E-state index < -0.39 is 0 Å². The minimum absolute atomic E-state index is 0.215. The topological polar surface area (TPSA) is 104 Å². The van der Waals surface area contributed by atoms with Gasteiger partial charge in [-0.05, 0) is 37.1 Å². The van der Waals surface area contributed by atoms with Gasteiger partial charge in [-0.2, -0.15) is 0 Å². The Kier molecular flexibility index (Phi) is 6.17. The Balaban J connectivity index is 1.46. The average molecular weight is 476 g/mol. The minimum atomic E-state index is -0.360. The van der Waals surface area contributed by atoms with Crippen LogP contribution in [0.3, 0.4) is 0 Å². The standard InChI is InChI=1S/C25H26FN7O2/c1-27-25(35)30-18-8-5-16(6-9-18)21-15-29-24-23(28-11-3-13-32-12-2-4-22(32)34)31-19-10-7-17(26)14-20(19)33(21)24/h5-10,14-15H,2-4,11-13H2,1H3,(H,28,31)(H2,27,30,35). The molecule has 2 aromatic carbocycles. The molecule has 2 aromatic heterocycles. The van der Waals surface area contributed by atoms with E-state index in [9.17, 15) is 14.0 Å². The fraction of sp³-hybridized carbons (Fsp3) is 0.280. The van der Waals surface area contributed by atoms with Gasteiger partial charge in [-0.1, -0.05) is 12.1 Å². The van der Waals surface area contributed by atoms with Gasteiger partial charge >= 0.3 is 6.03 Å². The number of urea groups is 1. The Morgan fingerprint density at radius 3 is 2.74 bits per heavy atom. The van der Waals surface area contributed by atoms with E-state index in [0.717, 1.165) is 30.6 Å². The number of nitrogens with zero attached hydrogens (tertiary/aromatic N) is 4. The van der Waals surface area contributed by atoms with Crippen LogP contribution in [-0.2, 0) is 4.79 Å². The van der Waals surface area contributed by atoms with Crippen LogP contribution in [-0.4, -0.2) is 57.9 Å². The van der Waals surface area contributed by atoms with Gasteiger partial charge in [0.1, 0.15) is 5.82 Å². The Morgan fingerprint density at radius 2 is 2.00 bits per heavy atom. The molecule has 180 valence electrons. The van der Waals surface area contributed by atoms with Crippen molar-refractivity contribution < 1.29 is 14.0 Å². The Bertz CT molecular complexity index is 1400. The van der Waals surface area contributed by atoms with Crippen LogP contribution in [0.5, 0.6) is 0 Å². The highest BCUT2D eigenvalue weighted by Crippen LogP contribution is 2.29. The number of imidazole rings is 1. The van der Waals surface area contributed by atoms with Crippen LogP contribution in [0.2, 0.25) is 0 Å². The Morgan fingerprint density at radius 1 is 1.17 bits per heavy atom. The van der Waals surface area contributed by atoms with E-state index in [4.69, 9.17) is 4.98 Å². The largest absolute Gasteiger partial charge is 0.367 e. The number of hydrogen-bond donors (Lipinski definition) is 3. The highest BCUT2D eigenvalue weighted by molar-refractivity contribution is 5.90. The van der Waals surface area contributed by atoms with E-state index >= 15 is 0 Å². The Labute approximate surface area is 201 Å². The number of amides is 3. The second-order valence-electron chi connectivity index (χ2n) is 8.44. The molecule has 1 aliphatic heterocycles. The molecule has 3 heterocycles. The summed E-state index contributed by atoms with van der Waals surface area (Å²) in [6.07, 6.45) is 4.08. The predicted octanol–water partition coefficient (Wildman–Crippen LogP) is 3.86. The first-order valence-electron chi connectivity index (χ1n) is 11.6. The number of carbonyl (C=O) groups is 2.